The van der Waals surface area contributed by atoms with E-state index >= 15 is 0 Å². The first-order chi connectivity index (χ1) is 12.1. The minimum Gasteiger partial charge on any atom is -0.481 e. The zero-order valence-corrected chi connectivity index (χ0v) is 15.7. The number of fused-ring (bicyclic) bond motifs is 3. The van der Waals surface area contributed by atoms with Crippen molar-refractivity contribution in [3.05, 3.63) is 0 Å². The van der Waals surface area contributed by atoms with Crippen LogP contribution in [-0.4, -0.2) is 55.9 Å². The van der Waals surface area contributed by atoms with Crippen molar-refractivity contribution in [2.45, 2.75) is 76.6 Å². The van der Waals surface area contributed by atoms with Crippen molar-refractivity contribution in [2.75, 3.05) is 6.61 Å². The highest BCUT2D eigenvalue weighted by Crippen LogP contribution is 2.72. The van der Waals surface area contributed by atoms with Gasteiger partial charge >= 0.3 is 5.97 Å². The van der Waals surface area contributed by atoms with Crippen LogP contribution in [0.15, 0.2) is 0 Å². The van der Waals surface area contributed by atoms with Gasteiger partial charge in [-0.2, -0.15) is 0 Å². The first-order valence-corrected chi connectivity index (χ1v) is 9.99. The van der Waals surface area contributed by atoms with Crippen LogP contribution in [0.5, 0.6) is 0 Å². The third kappa shape index (κ3) is 1.94. The minimum atomic E-state index is -1.57. The second-order valence-electron chi connectivity index (χ2n) is 10.1. The molecular weight excluding hydrogens is 336 g/mol. The summed E-state index contributed by atoms with van der Waals surface area (Å²) >= 11 is 0. The van der Waals surface area contributed by atoms with Crippen molar-refractivity contribution >= 4 is 5.97 Å². The topological polar surface area (TPSA) is 118 Å². The molecule has 4 aliphatic carbocycles. The van der Waals surface area contributed by atoms with Crippen LogP contribution in [0.3, 0.4) is 0 Å². The van der Waals surface area contributed by atoms with Crippen LogP contribution in [0.1, 0.15) is 58.8 Å². The summed E-state index contributed by atoms with van der Waals surface area (Å²) < 4.78 is 0. The van der Waals surface area contributed by atoms with Crippen molar-refractivity contribution in [3.8, 4) is 0 Å². The van der Waals surface area contributed by atoms with Gasteiger partial charge in [0.15, 0.2) is 0 Å². The van der Waals surface area contributed by atoms with E-state index in [9.17, 15) is 30.3 Å². The molecule has 0 unspecified atom stereocenters. The molecule has 0 aromatic carbocycles. The lowest BCUT2D eigenvalue weighted by molar-refractivity contribution is -0.218. The number of hydrogen-bond donors (Lipinski definition) is 5. The maximum absolute atomic E-state index is 12.1. The lowest BCUT2D eigenvalue weighted by atomic mass is 9.40. The molecule has 0 aliphatic heterocycles. The van der Waals surface area contributed by atoms with Gasteiger partial charge in [0, 0.05) is 5.41 Å². The zero-order chi connectivity index (χ0) is 19.1. The fourth-order valence-corrected chi connectivity index (χ4v) is 8.17. The number of aliphatic hydroxyl groups excluding tert-OH is 3. The SMILES string of the molecule is C[C@@]12CCC[C@@](C)(C(=O)O)[C@H]1CC[C@@]13C[C@@H](C[C@H](O)[C@@H]21)[C@](O)(CO)[C@H]3O. The monoisotopic (exact) mass is 368 g/mol. The van der Waals surface area contributed by atoms with Gasteiger partial charge in [-0.15, -0.1) is 0 Å². The van der Waals surface area contributed by atoms with Gasteiger partial charge in [0.05, 0.1) is 24.2 Å². The minimum absolute atomic E-state index is 0.0573. The standard InChI is InChI=1S/C20H32O6/c1-17-5-3-6-18(2,16(24)25)13(17)4-7-19-9-11(8-12(22)14(17)19)20(26,10-21)15(19)23/h11-15,21-23,26H,3-10H2,1-2H3,(H,24,25)/t11-,12+,13+,14+,15+,17-,18-,19-,20-/m1/s1. The Hall–Kier alpha value is -0.690. The third-order valence-electron chi connectivity index (χ3n) is 9.21. The number of rotatable bonds is 2. The molecule has 0 radical (unpaired) electrons. The van der Waals surface area contributed by atoms with E-state index in [2.05, 4.69) is 6.92 Å². The summed E-state index contributed by atoms with van der Waals surface area (Å²) in [7, 11) is 0. The summed E-state index contributed by atoms with van der Waals surface area (Å²) in [6, 6.07) is 0. The molecule has 4 fully saturated rings. The highest BCUT2D eigenvalue weighted by Gasteiger charge is 2.74. The summed E-state index contributed by atoms with van der Waals surface area (Å²) in [5, 5.41) is 52.9. The Labute approximate surface area is 154 Å². The number of carboxylic acid groups (broad SMARTS) is 1. The van der Waals surface area contributed by atoms with Crippen molar-refractivity contribution < 1.29 is 30.3 Å². The van der Waals surface area contributed by atoms with E-state index in [0.717, 1.165) is 12.8 Å². The van der Waals surface area contributed by atoms with E-state index in [-0.39, 0.29) is 17.8 Å². The zero-order valence-electron chi connectivity index (χ0n) is 15.7. The van der Waals surface area contributed by atoms with E-state index in [1.54, 1.807) is 0 Å². The summed E-state index contributed by atoms with van der Waals surface area (Å²) in [4.78, 5) is 12.1. The van der Waals surface area contributed by atoms with E-state index < -0.39 is 46.6 Å². The van der Waals surface area contributed by atoms with Crippen LogP contribution >= 0.6 is 0 Å². The summed E-state index contributed by atoms with van der Waals surface area (Å²) in [5.74, 6) is -1.40. The Kier molecular flexibility index (Phi) is 3.90. The molecule has 0 aromatic rings. The maximum Gasteiger partial charge on any atom is 0.309 e. The van der Waals surface area contributed by atoms with Gasteiger partial charge in [0.25, 0.3) is 0 Å². The largest absolute Gasteiger partial charge is 0.481 e. The molecule has 0 saturated heterocycles. The predicted octanol–water partition coefficient (Wildman–Crippen LogP) is 1.15. The highest BCUT2D eigenvalue weighted by atomic mass is 16.4. The van der Waals surface area contributed by atoms with Gasteiger partial charge in [-0.25, -0.2) is 0 Å². The van der Waals surface area contributed by atoms with Gasteiger partial charge < -0.3 is 25.5 Å². The Bertz CT molecular complexity index is 623. The third-order valence-corrected chi connectivity index (χ3v) is 9.21. The van der Waals surface area contributed by atoms with Gasteiger partial charge in [0.2, 0.25) is 0 Å². The number of carboxylic acids is 1. The normalized spacial score (nSPS) is 58.8. The first-order valence-electron chi connectivity index (χ1n) is 9.99. The molecule has 6 heteroatoms. The van der Waals surface area contributed by atoms with E-state index in [4.69, 9.17) is 0 Å². The molecule has 4 aliphatic rings. The average Bonchev–Trinajstić information content (AvgIpc) is 2.73. The molecule has 1 spiro atoms. The van der Waals surface area contributed by atoms with E-state index in [1.807, 2.05) is 6.92 Å². The Morgan fingerprint density at radius 2 is 1.85 bits per heavy atom. The molecule has 4 rings (SSSR count). The number of aliphatic carboxylic acids is 1. The molecule has 0 amide bonds. The fourth-order valence-electron chi connectivity index (χ4n) is 8.17. The second-order valence-corrected chi connectivity index (χ2v) is 10.1. The van der Waals surface area contributed by atoms with Gasteiger partial charge in [-0.1, -0.05) is 13.3 Å². The van der Waals surface area contributed by atoms with Crippen LogP contribution in [0.2, 0.25) is 0 Å². The smallest absolute Gasteiger partial charge is 0.309 e. The first kappa shape index (κ1) is 18.7. The van der Waals surface area contributed by atoms with Crippen molar-refractivity contribution in [1.29, 1.82) is 0 Å². The van der Waals surface area contributed by atoms with Gasteiger partial charge in [-0.3, -0.25) is 4.79 Å². The van der Waals surface area contributed by atoms with Crippen molar-refractivity contribution in [2.24, 2.45) is 34.0 Å². The van der Waals surface area contributed by atoms with E-state index in [0.29, 0.717) is 32.1 Å². The predicted molar refractivity (Wildman–Crippen MR) is 93.1 cm³/mol. The number of aliphatic hydroxyl groups is 4. The summed E-state index contributed by atoms with van der Waals surface area (Å²) in [6.45, 7) is 3.42. The molecule has 26 heavy (non-hydrogen) atoms. The molecular formula is C20H32O6. The lowest BCUT2D eigenvalue weighted by Crippen LogP contribution is -2.64. The second kappa shape index (κ2) is 5.43. The average molecular weight is 368 g/mol. The molecule has 0 aromatic heterocycles. The Balaban J connectivity index is 1.81. The summed E-state index contributed by atoms with van der Waals surface area (Å²) in [6.07, 6.45) is 2.72. The number of hydrogen-bond acceptors (Lipinski definition) is 5. The van der Waals surface area contributed by atoms with E-state index in [1.165, 1.54) is 0 Å². The van der Waals surface area contributed by atoms with Crippen LogP contribution < -0.4 is 0 Å². The van der Waals surface area contributed by atoms with Crippen LogP contribution in [0, 0.1) is 34.0 Å². The molecule has 2 bridgehead atoms. The molecule has 0 heterocycles. The summed E-state index contributed by atoms with van der Waals surface area (Å²) in [5.41, 5.74) is -3.41. The maximum atomic E-state index is 12.1. The van der Waals surface area contributed by atoms with Crippen LogP contribution in [-0.2, 0) is 4.79 Å². The molecule has 5 N–H and O–H groups in total. The van der Waals surface area contributed by atoms with Gasteiger partial charge in [-0.05, 0) is 68.6 Å². The molecule has 6 nitrogen and oxygen atoms in total. The quantitative estimate of drug-likeness (QED) is 0.499. The van der Waals surface area contributed by atoms with Crippen molar-refractivity contribution in [1.82, 2.24) is 0 Å². The van der Waals surface area contributed by atoms with Crippen molar-refractivity contribution in [3.63, 3.8) is 0 Å². The lowest BCUT2D eigenvalue weighted by Gasteiger charge is -2.64. The Morgan fingerprint density at radius 3 is 2.46 bits per heavy atom. The van der Waals surface area contributed by atoms with Gasteiger partial charge in [0.1, 0.15) is 5.60 Å². The fraction of sp³-hybridized carbons (Fsp3) is 0.950. The van der Waals surface area contributed by atoms with Crippen LogP contribution in [0.25, 0.3) is 0 Å². The molecule has 9 atom stereocenters. The van der Waals surface area contributed by atoms with Crippen LogP contribution in [0.4, 0.5) is 0 Å². The Morgan fingerprint density at radius 1 is 1.15 bits per heavy atom. The molecule has 4 saturated carbocycles. The highest BCUT2D eigenvalue weighted by molar-refractivity contribution is 5.75. The molecule has 148 valence electrons. The number of carbonyl (C=O) groups is 1.